The summed E-state index contributed by atoms with van der Waals surface area (Å²) in [6.45, 7) is 1.78. The molecule has 16 heavy (non-hydrogen) atoms. The normalized spacial score (nSPS) is 11.9. The second-order valence-electron chi connectivity index (χ2n) is 3.57. The van der Waals surface area contributed by atoms with Crippen molar-refractivity contribution >= 4 is 40.4 Å². The molecule has 0 saturated heterocycles. The summed E-state index contributed by atoms with van der Waals surface area (Å²) in [4.78, 5) is 12.0. The Morgan fingerprint density at radius 2 is 2.31 bits per heavy atom. The first-order valence-corrected chi connectivity index (χ1v) is 5.62. The van der Waals surface area contributed by atoms with Crippen molar-refractivity contribution in [2.24, 2.45) is 11.7 Å². The molecule has 1 aromatic rings. The molecular weight excluding hydrogens is 244 g/mol. The van der Waals surface area contributed by atoms with Crippen LogP contribution in [0.5, 0.6) is 0 Å². The number of carbonyl (C=O) groups is 1. The molecular formula is C11H13ClN2OS. The van der Waals surface area contributed by atoms with Crippen LogP contribution in [-0.2, 0) is 4.79 Å². The number of nitrogens with two attached hydrogens (primary N) is 1. The summed E-state index contributed by atoms with van der Waals surface area (Å²) >= 11 is 10.6. The number of hydrogen-bond acceptors (Lipinski definition) is 2. The van der Waals surface area contributed by atoms with Crippen LogP contribution in [0, 0.1) is 5.92 Å². The molecule has 1 atom stereocenters. The lowest BCUT2D eigenvalue weighted by Gasteiger charge is -2.11. The van der Waals surface area contributed by atoms with E-state index in [1.54, 1.807) is 31.2 Å². The third kappa shape index (κ3) is 4.16. The molecule has 0 fully saturated rings. The molecule has 0 aliphatic heterocycles. The highest BCUT2D eigenvalue weighted by molar-refractivity contribution is 7.80. The van der Waals surface area contributed by atoms with Crippen molar-refractivity contribution < 1.29 is 4.79 Å². The number of carbonyl (C=O) groups excluding carboxylic acids is 1. The molecule has 1 rings (SSSR count). The molecule has 3 N–H and O–H groups in total. The Labute approximate surface area is 105 Å². The zero-order chi connectivity index (χ0) is 12.1. The lowest BCUT2D eigenvalue weighted by atomic mass is 10.1. The van der Waals surface area contributed by atoms with Crippen molar-refractivity contribution in [3.8, 4) is 0 Å². The Balaban J connectivity index is 2.60. The largest absolute Gasteiger partial charge is 0.393 e. The zero-order valence-corrected chi connectivity index (χ0v) is 10.4. The molecule has 3 nitrogen and oxygen atoms in total. The van der Waals surface area contributed by atoms with Crippen LogP contribution < -0.4 is 11.1 Å². The van der Waals surface area contributed by atoms with E-state index in [-0.39, 0.29) is 11.8 Å². The van der Waals surface area contributed by atoms with Crippen LogP contribution in [0.1, 0.15) is 13.3 Å². The molecule has 0 aliphatic carbocycles. The third-order valence-corrected chi connectivity index (χ3v) is 2.45. The molecule has 1 amide bonds. The molecule has 1 unspecified atom stereocenters. The van der Waals surface area contributed by atoms with Crippen LogP contribution in [-0.4, -0.2) is 10.9 Å². The highest BCUT2D eigenvalue weighted by atomic mass is 35.5. The summed E-state index contributed by atoms with van der Waals surface area (Å²) in [6.07, 6.45) is 0.404. The average molecular weight is 257 g/mol. The van der Waals surface area contributed by atoms with E-state index in [1.807, 2.05) is 0 Å². The van der Waals surface area contributed by atoms with E-state index in [0.29, 0.717) is 22.1 Å². The van der Waals surface area contributed by atoms with Gasteiger partial charge in [0, 0.05) is 23.0 Å². The van der Waals surface area contributed by atoms with Gasteiger partial charge in [-0.25, -0.2) is 0 Å². The minimum absolute atomic E-state index is 0.116. The summed E-state index contributed by atoms with van der Waals surface area (Å²) in [6, 6.07) is 6.98. The van der Waals surface area contributed by atoms with Gasteiger partial charge in [0.1, 0.15) is 0 Å². The van der Waals surface area contributed by atoms with E-state index in [2.05, 4.69) is 5.32 Å². The first kappa shape index (κ1) is 12.9. The van der Waals surface area contributed by atoms with Crippen molar-refractivity contribution in [1.82, 2.24) is 0 Å². The number of thiocarbonyl (C=S) groups is 1. The quantitative estimate of drug-likeness (QED) is 0.815. The summed E-state index contributed by atoms with van der Waals surface area (Å²) < 4.78 is 0. The zero-order valence-electron chi connectivity index (χ0n) is 8.87. The monoisotopic (exact) mass is 256 g/mol. The average Bonchev–Trinajstić information content (AvgIpc) is 2.16. The second-order valence-corrected chi connectivity index (χ2v) is 4.53. The second kappa shape index (κ2) is 5.82. The van der Waals surface area contributed by atoms with Gasteiger partial charge in [0.2, 0.25) is 5.91 Å². The highest BCUT2D eigenvalue weighted by Gasteiger charge is 2.13. The number of amides is 1. The van der Waals surface area contributed by atoms with Crippen LogP contribution in [0.3, 0.4) is 0 Å². The van der Waals surface area contributed by atoms with Crippen molar-refractivity contribution in [3.05, 3.63) is 29.3 Å². The number of halogens is 1. The van der Waals surface area contributed by atoms with E-state index in [0.717, 1.165) is 0 Å². The smallest absolute Gasteiger partial charge is 0.227 e. The van der Waals surface area contributed by atoms with Crippen LogP contribution in [0.4, 0.5) is 5.69 Å². The Bertz CT molecular complexity index is 409. The van der Waals surface area contributed by atoms with Crippen molar-refractivity contribution in [3.63, 3.8) is 0 Å². The van der Waals surface area contributed by atoms with Gasteiger partial charge in [-0.15, -0.1) is 0 Å². The molecule has 1 aromatic carbocycles. The van der Waals surface area contributed by atoms with Gasteiger partial charge in [-0.3, -0.25) is 4.79 Å². The minimum Gasteiger partial charge on any atom is -0.393 e. The van der Waals surface area contributed by atoms with Gasteiger partial charge in [0.25, 0.3) is 0 Å². The first-order valence-electron chi connectivity index (χ1n) is 4.84. The van der Waals surface area contributed by atoms with Crippen LogP contribution in [0.2, 0.25) is 5.02 Å². The molecule has 86 valence electrons. The van der Waals surface area contributed by atoms with Crippen molar-refractivity contribution in [1.29, 1.82) is 0 Å². The fraction of sp³-hybridized carbons (Fsp3) is 0.273. The maximum Gasteiger partial charge on any atom is 0.227 e. The topological polar surface area (TPSA) is 55.1 Å². The van der Waals surface area contributed by atoms with Gasteiger partial charge in [-0.1, -0.05) is 36.8 Å². The maximum absolute atomic E-state index is 11.7. The molecule has 0 aromatic heterocycles. The van der Waals surface area contributed by atoms with E-state index >= 15 is 0 Å². The summed E-state index contributed by atoms with van der Waals surface area (Å²) in [5, 5.41) is 3.33. The van der Waals surface area contributed by atoms with Gasteiger partial charge < -0.3 is 11.1 Å². The standard InChI is InChI=1S/C11H13ClN2OS/c1-7(5-10(13)16)11(15)14-9-4-2-3-8(12)6-9/h2-4,6-7H,5H2,1H3,(H2,13,16)(H,14,15). The number of anilines is 1. The lowest BCUT2D eigenvalue weighted by Crippen LogP contribution is -2.24. The van der Waals surface area contributed by atoms with Crippen molar-refractivity contribution in [2.45, 2.75) is 13.3 Å². The number of hydrogen-bond donors (Lipinski definition) is 2. The van der Waals surface area contributed by atoms with Crippen LogP contribution >= 0.6 is 23.8 Å². The van der Waals surface area contributed by atoms with E-state index < -0.39 is 0 Å². The summed E-state index contributed by atoms with van der Waals surface area (Å²) in [7, 11) is 0. The van der Waals surface area contributed by atoms with Gasteiger partial charge in [0.05, 0.1) is 4.99 Å². The van der Waals surface area contributed by atoms with Gasteiger partial charge >= 0.3 is 0 Å². The molecule has 0 bridgehead atoms. The fourth-order valence-corrected chi connectivity index (χ4v) is 1.67. The van der Waals surface area contributed by atoms with E-state index in [4.69, 9.17) is 29.6 Å². The van der Waals surface area contributed by atoms with Crippen molar-refractivity contribution in [2.75, 3.05) is 5.32 Å². The number of rotatable bonds is 4. The number of nitrogens with one attached hydrogen (secondary N) is 1. The molecule has 0 spiro atoms. The fourth-order valence-electron chi connectivity index (χ4n) is 1.23. The molecule has 0 aliphatic rings. The first-order chi connectivity index (χ1) is 7.49. The van der Waals surface area contributed by atoms with E-state index in [1.165, 1.54) is 0 Å². The van der Waals surface area contributed by atoms with Gasteiger partial charge in [-0.2, -0.15) is 0 Å². The predicted octanol–water partition coefficient (Wildman–Crippen LogP) is 2.59. The highest BCUT2D eigenvalue weighted by Crippen LogP contribution is 2.16. The molecule has 0 heterocycles. The SMILES string of the molecule is CC(CC(N)=S)C(=O)Nc1cccc(Cl)c1. The molecule has 5 heteroatoms. The number of benzene rings is 1. The molecule has 0 radical (unpaired) electrons. The Hall–Kier alpha value is -1.13. The Kier molecular flexibility index (Phi) is 4.71. The van der Waals surface area contributed by atoms with E-state index in [9.17, 15) is 4.79 Å². The van der Waals surface area contributed by atoms with Gasteiger partial charge in [0.15, 0.2) is 0 Å². The Morgan fingerprint density at radius 1 is 1.62 bits per heavy atom. The Morgan fingerprint density at radius 3 is 2.88 bits per heavy atom. The molecule has 0 saturated carbocycles. The minimum atomic E-state index is -0.239. The van der Waals surface area contributed by atoms with Crippen LogP contribution in [0.25, 0.3) is 0 Å². The van der Waals surface area contributed by atoms with Gasteiger partial charge in [-0.05, 0) is 18.2 Å². The third-order valence-electron chi connectivity index (χ3n) is 2.05. The van der Waals surface area contributed by atoms with Crippen LogP contribution in [0.15, 0.2) is 24.3 Å². The maximum atomic E-state index is 11.7. The predicted molar refractivity (Wildman–Crippen MR) is 70.6 cm³/mol. The summed E-state index contributed by atoms with van der Waals surface area (Å²) in [5.74, 6) is -0.355. The lowest BCUT2D eigenvalue weighted by molar-refractivity contribution is -0.119. The summed E-state index contributed by atoms with van der Waals surface area (Å²) in [5.41, 5.74) is 6.05.